The van der Waals surface area contributed by atoms with Crippen molar-refractivity contribution in [3.05, 3.63) is 117 Å². The first kappa shape index (κ1) is 32.2. The number of ether oxygens (including phenoxy) is 4. The first-order valence-electron chi connectivity index (χ1n) is 13.9. The Morgan fingerprint density at radius 2 is 1.71 bits per heavy atom. The van der Waals surface area contributed by atoms with Gasteiger partial charge >= 0.3 is 5.97 Å². The highest BCUT2D eigenvalue weighted by atomic mass is 79.9. The zero-order chi connectivity index (χ0) is 32.1. The summed E-state index contributed by atoms with van der Waals surface area (Å²) in [5, 5.41) is 9.02. The van der Waals surface area contributed by atoms with Gasteiger partial charge in [-0.3, -0.25) is 9.36 Å². The largest absolute Gasteiger partial charge is 0.490 e. The number of benzene rings is 3. The Kier molecular flexibility index (Phi) is 10.2. The van der Waals surface area contributed by atoms with Crippen LogP contribution in [0.25, 0.3) is 6.08 Å². The third-order valence-electron chi connectivity index (χ3n) is 6.79. The van der Waals surface area contributed by atoms with Gasteiger partial charge in [0.2, 0.25) is 0 Å². The van der Waals surface area contributed by atoms with Gasteiger partial charge in [0.25, 0.3) is 5.56 Å². The van der Waals surface area contributed by atoms with Crippen LogP contribution in [0.5, 0.6) is 17.2 Å². The number of carbonyl (C=O) groups is 1. The molecule has 0 fully saturated rings. The molecule has 230 valence electrons. The summed E-state index contributed by atoms with van der Waals surface area (Å²) in [5.41, 5.74) is 2.80. The lowest BCUT2D eigenvalue weighted by atomic mass is 9.97. The Balaban J connectivity index is 1.52. The smallest absolute Gasteiger partial charge is 0.337 e. The second-order valence-electron chi connectivity index (χ2n) is 9.66. The van der Waals surface area contributed by atoms with E-state index in [0.717, 1.165) is 11.1 Å². The molecule has 0 spiro atoms. The third kappa shape index (κ3) is 6.91. The molecule has 9 nitrogen and oxygen atoms in total. The Labute approximate surface area is 279 Å². The summed E-state index contributed by atoms with van der Waals surface area (Å²) >= 11 is 8.41. The van der Waals surface area contributed by atoms with Gasteiger partial charge in [-0.2, -0.15) is 5.26 Å². The van der Waals surface area contributed by atoms with Crippen molar-refractivity contribution in [1.29, 1.82) is 5.26 Å². The zero-order valence-electron chi connectivity index (χ0n) is 24.5. The first-order chi connectivity index (χ1) is 21.8. The topological polar surface area (TPSA) is 112 Å². The average Bonchev–Trinajstić information content (AvgIpc) is 3.35. The SMILES string of the molecule is CCOc1ccc([C@@H]2C(C(=O)OC)=CN=c3s/c(=C/c4cc(Br)c(OCc5ccc(C#N)cc5)c(Br)c4)c(=O)n32)cc1OCC. The van der Waals surface area contributed by atoms with Gasteiger partial charge in [0.05, 0.1) is 57.0 Å². The molecule has 12 heteroatoms. The van der Waals surface area contributed by atoms with Crippen LogP contribution in [-0.4, -0.2) is 30.9 Å². The van der Waals surface area contributed by atoms with Crippen molar-refractivity contribution < 1.29 is 23.7 Å². The molecule has 0 saturated heterocycles. The van der Waals surface area contributed by atoms with Crippen molar-refractivity contribution >= 4 is 55.2 Å². The van der Waals surface area contributed by atoms with Crippen LogP contribution >= 0.6 is 43.2 Å². The van der Waals surface area contributed by atoms with Crippen LogP contribution in [-0.2, 0) is 16.1 Å². The van der Waals surface area contributed by atoms with Crippen molar-refractivity contribution in [2.75, 3.05) is 20.3 Å². The number of halogens is 2. The van der Waals surface area contributed by atoms with E-state index in [-0.39, 0.29) is 11.1 Å². The van der Waals surface area contributed by atoms with E-state index in [1.807, 2.05) is 44.2 Å². The van der Waals surface area contributed by atoms with E-state index >= 15 is 0 Å². The fraction of sp³-hybridized carbons (Fsp3) is 0.212. The maximum Gasteiger partial charge on any atom is 0.337 e. The molecule has 0 bridgehead atoms. The van der Waals surface area contributed by atoms with Crippen LogP contribution in [0.15, 0.2) is 85.1 Å². The Morgan fingerprint density at radius 3 is 2.36 bits per heavy atom. The molecule has 0 N–H and O–H groups in total. The van der Waals surface area contributed by atoms with E-state index in [1.165, 1.54) is 29.2 Å². The van der Waals surface area contributed by atoms with Crippen LogP contribution in [0.3, 0.4) is 0 Å². The molecule has 1 aliphatic rings. The predicted molar refractivity (Wildman–Crippen MR) is 177 cm³/mol. The fourth-order valence-electron chi connectivity index (χ4n) is 4.77. The summed E-state index contributed by atoms with van der Waals surface area (Å²) in [7, 11) is 1.29. The number of fused-ring (bicyclic) bond motifs is 1. The second kappa shape index (κ2) is 14.3. The maximum atomic E-state index is 14.0. The van der Waals surface area contributed by atoms with Crippen molar-refractivity contribution in [1.82, 2.24) is 4.57 Å². The molecule has 45 heavy (non-hydrogen) atoms. The number of hydrogen-bond donors (Lipinski definition) is 0. The number of carbonyl (C=O) groups excluding carboxylic acids is 1. The molecule has 0 radical (unpaired) electrons. The summed E-state index contributed by atoms with van der Waals surface area (Å²) in [6, 6.07) is 17.6. The van der Waals surface area contributed by atoms with Gasteiger partial charge in [0, 0.05) is 6.20 Å². The molecule has 1 aromatic heterocycles. The monoisotopic (exact) mass is 751 g/mol. The molecule has 1 atom stereocenters. The van der Waals surface area contributed by atoms with Crippen molar-refractivity contribution in [2.24, 2.45) is 4.99 Å². The lowest BCUT2D eigenvalue weighted by Crippen LogP contribution is -2.39. The summed E-state index contributed by atoms with van der Waals surface area (Å²) in [4.78, 5) is 31.7. The lowest BCUT2D eigenvalue weighted by molar-refractivity contribution is -0.136. The average molecular weight is 753 g/mol. The molecule has 4 aromatic rings. The number of rotatable bonds is 10. The standard InChI is InChI=1S/C33H27Br2N3O6S/c1-4-42-26-11-10-22(15-27(26)43-5-2)29-23(32(40)41-3)17-37-33-38(29)31(39)28(45-33)14-21-12-24(34)30(25(35)13-21)44-18-20-8-6-19(16-36)7-9-20/h6-15,17,29H,4-5,18H2,1-3H3/b28-14+/t29-/m1/s1. The molecule has 3 aromatic carbocycles. The van der Waals surface area contributed by atoms with Gasteiger partial charge in [-0.25, -0.2) is 9.79 Å². The highest BCUT2D eigenvalue weighted by Crippen LogP contribution is 2.37. The number of methoxy groups -OCH3 is 1. The number of nitriles is 1. The van der Waals surface area contributed by atoms with E-state index in [2.05, 4.69) is 42.9 Å². The quantitative estimate of drug-likeness (QED) is 0.189. The van der Waals surface area contributed by atoms with Crippen LogP contribution < -0.4 is 29.1 Å². The normalized spacial score (nSPS) is 14.1. The number of thiazole rings is 1. The molecule has 5 rings (SSSR count). The molecule has 1 aliphatic heterocycles. The van der Waals surface area contributed by atoms with E-state index in [9.17, 15) is 9.59 Å². The van der Waals surface area contributed by atoms with Gasteiger partial charge in [-0.05, 0) is 105 Å². The summed E-state index contributed by atoms with van der Waals surface area (Å²) in [5.74, 6) is 1.09. The van der Waals surface area contributed by atoms with Gasteiger partial charge in [-0.15, -0.1) is 0 Å². The number of hydrogen-bond acceptors (Lipinski definition) is 9. The van der Waals surface area contributed by atoms with Gasteiger partial charge in [0.15, 0.2) is 16.3 Å². The number of aromatic nitrogens is 1. The molecule has 0 saturated carbocycles. The lowest BCUT2D eigenvalue weighted by Gasteiger charge is -2.23. The Morgan fingerprint density at radius 1 is 1.02 bits per heavy atom. The minimum atomic E-state index is -0.790. The first-order valence-corrected chi connectivity index (χ1v) is 16.3. The van der Waals surface area contributed by atoms with Gasteiger partial charge < -0.3 is 18.9 Å². The summed E-state index contributed by atoms with van der Waals surface area (Å²) in [6.45, 7) is 4.93. The minimum absolute atomic E-state index is 0.220. The van der Waals surface area contributed by atoms with E-state index in [1.54, 1.807) is 30.3 Å². The molecule has 2 heterocycles. The molecular weight excluding hydrogens is 726 g/mol. The van der Waals surface area contributed by atoms with Crippen LogP contribution in [0.2, 0.25) is 0 Å². The van der Waals surface area contributed by atoms with Crippen molar-refractivity contribution in [3.8, 4) is 23.3 Å². The van der Waals surface area contributed by atoms with Gasteiger partial charge in [0.1, 0.15) is 12.4 Å². The van der Waals surface area contributed by atoms with Crippen LogP contribution in [0, 0.1) is 11.3 Å². The molecule has 0 unspecified atom stereocenters. The summed E-state index contributed by atoms with van der Waals surface area (Å²) < 4.78 is 26.0. The van der Waals surface area contributed by atoms with Gasteiger partial charge in [-0.1, -0.05) is 29.5 Å². The van der Waals surface area contributed by atoms with Crippen LogP contribution in [0.4, 0.5) is 0 Å². The van der Waals surface area contributed by atoms with Crippen molar-refractivity contribution in [3.63, 3.8) is 0 Å². The van der Waals surface area contributed by atoms with E-state index in [0.29, 0.717) is 66.5 Å². The molecular formula is C33H27Br2N3O6S. The van der Waals surface area contributed by atoms with E-state index < -0.39 is 12.0 Å². The minimum Gasteiger partial charge on any atom is -0.490 e. The van der Waals surface area contributed by atoms with Crippen LogP contribution in [0.1, 0.15) is 42.1 Å². The number of nitrogens with zero attached hydrogens (tertiary/aromatic N) is 3. The predicted octanol–water partition coefficient (Wildman–Crippen LogP) is 5.79. The highest BCUT2D eigenvalue weighted by Gasteiger charge is 2.31. The molecule has 0 amide bonds. The second-order valence-corrected chi connectivity index (χ2v) is 12.4. The highest BCUT2D eigenvalue weighted by molar-refractivity contribution is 9.11. The Hall–Kier alpha value is -4.18. The summed E-state index contributed by atoms with van der Waals surface area (Å²) in [6.07, 6.45) is 3.22. The zero-order valence-corrected chi connectivity index (χ0v) is 28.5. The Bertz CT molecular complexity index is 1990. The fourth-order valence-corrected chi connectivity index (χ4v) is 7.19. The molecule has 0 aliphatic carbocycles. The maximum absolute atomic E-state index is 14.0. The third-order valence-corrected chi connectivity index (χ3v) is 8.97. The number of esters is 1. The van der Waals surface area contributed by atoms with E-state index in [4.69, 9.17) is 24.2 Å². The van der Waals surface area contributed by atoms with Crippen molar-refractivity contribution in [2.45, 2.75) is 26.5 Å².